The van der Waals surface area contributed by atoms with Gasteiger partial charge in [-0.15, -0.1) is 0 Å². The van der Waals surface area contributed by atoms with Gasteiger partial charge in [-0.3, -0.25) is 14.5 Å². The lowest BCUT2D eigenvalue weighted by atomic mass is 10.3. The van der Waals surface area contributed by atoms with Gasteiger partial charge in [0.25, 0.3) is 5.91 Å². The summed E-state index contributed by atoms with van der Waals surface area (Å²) < 4.78 is 0. The molecule has 1 heterocycles. The lowest BCUT2D eigenvalue weighted by Gasteiger charge is -2.33. The number of carbonyl (C=O) groups is 2. The van der Waals surface area contributed by atoms with E-state index in [2.05, 4.69) is 17.2 Å². The zero-order valence-electron chi connectivity index (χ0n) is 12.4. The van der Waals surface area contributed by atoms with Crippen molar-refractivity contribution in [3.63, 3.8) is 0 Å². The molecular formula is C16H18ClN3O2. The number of benzene rings is 1. The average Bonchev–Trinajstić information content (AvgIpc) is 2.50. The quantitative estimate of drug-likeness (QED) is 0.858. The lowest BCUT2D eigenvalue weighted by Crippen LogP contribution is -2.50. The van der Waals surface area contributed by atoms with Crippen molar-refractivity contribution < 1.29 is 9.59 Å². The molecule has 22 heavy (non-hydrogen) atoms. The molecule has 0 unspecified atom stereocenters. The van der Waals surface area contributed by atoms with Crippen LogP contribution in [0.25, 0.3) is 0 Å². The Morgan fingerprint density at radius 2 is 1.91 bits per heavy atom. The topological polar surface area (TPSA) is 52.7 Å². The highest BCUT2D eigenvalue weighted by molar-refractivity contribution is 6.33. The van der Waals surface area contributed by atoms with Crippen molar-refractivity contribution in [1.29, 1.82) is 0 Å². The van der Waals surface area contributed by atoms with Crippen molar-refractivity contribution in [2.24, 2.45) is 0 Å². The van der Waals surface area contributed by atoms with E-state index in [1.54, 1.807) is 24.0 Å². The van der Waals surface area contributed by atoms with Gasteiger partial charge in [0.05, 0.1) is 17.3 Å². The van der Waals surface area contributed by atoms with Crippen LogP contribution in [-0.2, 0) is 9.59 Å². The Morgan fingerprint density at radius 3 is 2.55 bits per heavy atom. The summed E-state index contributed by atoms with van der Waals surface area (Å²) >= 11 is 6.01. The number of hydrogen-bond acceptors (Lipinski definition) is 3. The first kappa shape index (κ1) is 16.3. The Hall–Kier alpha value is -2.03. The van der Waals surface area contributed by atoms with Crippen LogP contribution in [0.15, 0.2) is 24.3 Å². The Kier molecular flexibility index (Phi) is 5.82. The fraction of sp³-hybridized carbons (Fsp3) is 0.375. The highest BCUT2D eigenvalue weighted by Crippen LogP contribution is 2.20. The molecule has 2 amide bonds. The van der Waals surface area contributed by atoms with E-state index in [-0.39, 0.29) is 18.4 Å². The lowest BCUT2D eigenvalue weighted by molar-refractivity contribution is -0.127. The van der Waals surface area contributed by atoms with Crippen molar-refractivity contribution in [2.75, 3.05) is 38.0 Å². The Morgan fingerprint density at radius 1 is 1.23 bits per heavy atom. The van der Waals surface area contributed by atoms with E-state index in [0.717, 1.165) is 0 Å². The van der Waals surface area contributed by atoms with Crippen molar-refractivity contribution in [3.05, 3.63) is 29.3 Å². The zero-order valence-corrected chi connectivity index (χ0v) is 13.2. The maximum Gasteiger partial charge on any atom is 0.298 e. The Balaban J connectivity index is 1.80. The normalized spacial score (nSPS) is 14.9. The fourth-order valence-corrected chi connectivity index (χ4v) is 2.43. The van der Waals surface area contributed by atoms with Gasteiger partial charge in [-0.25, -0.2) is 0 Å². The molecule has 0 bridgehead atoms. The second kappa shape index (κ2) is 7.83. The van der Waals surface area contributed by atoms with Gasteiger partial charge in [0.1, 0.15) is 0 Å². The third-order valence-electron chi connectivity index (χ3n) is 3.41. The van der Waals surface area contributed by atoms with E-state index in [9.17, 15) is 9.59 Å². The summed E-state index contributed by atoms with van der Waals surface area (Å²) in [5.74, 6) is 4.88. The molecule has 0 aromatic heterocycles. The minimum absolute atomic E-state index is 0.110. The van der Waals surface area contributed by atoms with Gasteiger partial charge in [-0.05, 0) is 25.0 Å². The molecule has 1 aliphatic heterocycles. The summed E-state index contributed by atoms with van der Waals surface area (Å²) in [5, 5.41) is 3.31. The van der Waals surface area contributed by atoms with Crippen molar-refractivity contribution in [1.82, 2.24) is 9.80 Å². The largest absolute Gasteiger partial charge is 0.329 e. The molecule has 116 valence electrons. The highest BCUT2D eigenvalue weighted by Gasteiger charge is 2.21. The number of para-hydroxylation sites is 1. The number of rotatable bonds is 3. The summed E-state index contributed by atoms with van der Waals surface area (Å²) in [4.78, 5) is 27.4. The van der Waals surface area contributed by atoms with Gasteiger partial charge >= 0.3 is 0 Å². The molecule has 0 saturated carbocycles. The minimum atomic E-state index is -0.150. The predicted molar refractivity (Wildman–Crippen MR) is 86.6 cm³/mol. The molecule has 6 heteroatoms. The zero-order chi connectivity index (χ0) is 15.9. The number of anilines is 1. The number of amides is 2. The summed E-state index contributed by atoms with van der Waals surface area (Å²) in [6.45, 7) is 4.43. The summed E-state index contributed by atoms with van der Waals surface area (Å²) in [6.07, 6.45) is 0. The number of nitrogens with one attached hydrogen (secondary N) is 1. The van der Waals surface area contributed by atoms with Crippen molar-refractivity contribution in [2.45, 2.75) is 6.92 Å². The highest BCUT2D eigenvalue weighted by atomic mass is 35.5. The maximum atomic E-state index is 12.0. The summed E-state index contributed by atoms with van der Waals surface area (Å²) in [5.41, 5.74) is 0.612. The minimum Gasteiger partial charge on any atom is -0.329 e. The molecule has 1 N–H and O–H groups in total. The van der Waals surface area contributed by atoms with Gasteiger partial charge in [0, 0.05) is 26.2 Å². The molecule has 5 nitrogen and oxygen atoms in total. The Labute approximate surface area is 135 Å². The molecule has 0 aliphatic carbocycles. The number of halogens is 1. The van der Waals surface area contributed by atoms with Crippen LogP contribution in [0.2, 0.25) is 5.02 Å². The van der Waals surface area contributed by atoms with Crippen LogP contribution in [0.4, 0.5) is 5.69 Å². The molecule has 0 radical (unpaired) electrons. The van der Waals surface area contributed by atoms with Crippen LogP contribution in [0.3, 0.4) is 0 Å². The fourth-order valence-electron chi connectivity index (χ4n) is 2.25. The van der Waals surface area contributed by atoms with E-state index in [1.165, 1.54) is 0 Å². The predicted octanol–water partition coefficient (Wildman–Crippen LogP) is 1.45. The molecule has 1 aromatic carbocycles. The molecule has 1 aromatic rings. The van der Waals surface area contributed by atoms with Crippen LogP contribution in [0.5, 0.6) is 0 Å². The van der Waals surface area contributed by atoms with Crippen molar-refractivity contribution in [3.8, 4) is 11.8 Å². The number of piperazine rings is 1. The number of hydrogen-bond donors (Lipinski definition) is 1. The van der Waals surface area contributed by atoms with Gasteiger partial charge in [-0.2, -0.15) is 0 Å². The van der Waals surface area contributed by atoms with Gasteiger partial charge in [0.2, 0.25) is 5.91 Å². The third-order valence-corrected chi connectivity index (χ3v) is 3.74. The molecule has 1 fully saturated rings. The van der Waals surface area contributed by atoms with Crippen LogP contribution < -0.4 is 5.32 Å². The van der Waals surface area contributed by atoms with Crippen molar-refractivity contribution >= 4 is 29.1 Å². The van der Waals surface area contributed by atoms with E-state index >= 15 is 0 Å². The molecule has 0 spiro atoms. The molecule has 2 rings (SSSR count). The van der Waals surface area contributed by atoms with Gasteiger partial charge < -0.3 is 10.2 Å². The third kappa shape index (κ3) is 4.48. The summed E-state index contributed by atoms with van der Waals surface area (Å²) in [7, 11) is 0. The standard InChI is InChI=1S/C16H18ClN3O2/c1-2-5-16(22)20-10-8-19(9-11-20)12-15(21)18-14-7-4-3-6-13(14)17/h3-4,6-7H,8-12H2,1H3,(H,18,21). The first-order valence-electron chi connectivity index (χ1n) is 7.08. The second-order valence-corrected chi connectivity index (χ2v) is 5.38. The first-order valence-corrected chi connectivity index (χ1v) is 7.46. The van der Waals surface area contributed by atoms with E-state index < -0.39 is 0 Å². The van der Waals surface area contributed by atoms with Crippen LogP contribution in [0.1, 0.15) is 6.92 Å². The monoisotopic (exact) mass is 319 g/mol. The number of nitrogens with zero attached hydrogens (tertiary/aromatic N) is 2. The SMILES string of the molecule is CC#CC(=O)N1CCN(CC(=O)Nc2ccccc2Cl)CC1. The van der Waals surface area contributed by atoms with E-state index in [1.807, 2.05) is 17.0 Å². The second-order valence-electron chi connectivity index (χ2n) is 4.97. The smallest absolute Gasteiger partial charge is 0.298 e. The number of carbonyl (C=O) groups excluding carboxylic acids is 2. The molecule has 1 aliphatic rings. The van der Waals surface area contributed by atoms with Crippen LogP contribution in [0, 0.1) is 11.8 Å². The van der Waals surface area contributed by atoms with Crippen LogP contribution >= 0.6 is 11.6 Å². The molecule has 0 atom stereocenters. The van der Waals surface area contributed by atoms with Crippen LogP contribution in [-0.4, -0.2) is 54.3 Å². The molecule has 1 saturated heterocycles. The molecular weight excluding hydrogens is 302 g/mol. The van der Waals surface area contributed by atoms with E-state index in [0.29, 0.717) is 36.9 Å². The van der Waals surface area contributed by atoms with Gasteiger partial charge in [0.15, 0.2) is 0 Å². The Bertz CT molecular complexity index is 613. The van der Waals surface area contributed by atoms with Gasteiger partial charge in [-0.1, -0.05) is 29.7 Å². The average molecular weight is 320 g/mol. The van der Waals surface area contributed by atoms with E-state index in [4.69, 9.17) is 11.6 Å². The first-order chi connectivity index (χ1) is 10.6. The summed E-state index contributed by atoms with van der Waals surface area (Å²) in [6, 6.07) is 7.13. The maximum absolute atomic E-state index is 12.0.